The highest BCUT2D eigenvalue weighted by molar-refractivity contribution is 5.65. The normalized spacial score (nSPS) is 12.1. The summed E-state index contributed by atoms with van der Waals surface area (Å²) in [6, 6.07) is 3.90. The first-order valence-corrected chi connectivity index (χ1v) is 6.31. The molecule has 0 heterocycles. The van der Waals surface area contributed by atoms with Gasteiger partial charge < -0.3 is 20.1 Å². The van der Waals surface area contributed by atoms with E-state index in [2.05, 4.69) is 18.7 Å². The molecule has 1 atom stereocenters. The van der Waals surface area contributed by atoms with E-state index >= 15 is 0 Å². The summed E-state index contributed by atoms with van der Waals surface area (Å²) in [6.45, 7) is 5.05. The Morgan fingerprint density at radius 2 is 1.89 bits per heavy atom. The first-order valence-electron chi connectivity index (χ1n) is 6.31. The van der Waals surface area contributed by atoms with Crippen LogP contribution >= 0.6 is 0 Å². The van der Waals surface area contributed by atoms with E-state index < -0.39 is 0 Å². The predicted molar refractivity (Wildman–Crippen MR) is 75.7 cm³/mol. The highest BCUT2D eigenvalue weighted by atomic mass is 16.5. The van der Waals surface area contributed by atoms with Gasteiger partial charge in [0.1, 0.15) is 11.5 Å². The van der Waals surface area contributed by atoms with Crippen LogP contribution in [0.3, 0.4) is 0 Å². The molecule has 0 spiro atoms. The van der Waals surface area contributed by atoms with Crippen LogP contribution < -0.4 is 20.1 Å². The summed E-state index contributed by atoms with van der Waals surface area (Å²) in [6.07, 6.45) is 0.860. The zero-order chi connectivity index (χ0) is 13.7. The summed E-state index contributed by atoms with van der Waals surface area (Å²) >= 11 is 0. The third-order valence-electron chi connectivity index (χ3n) is 3.24. The van der Waals surface area contributed by atoms with E-state index in [1.807, 2.05) is 19.2 Å². The largest absolute Gasteiger partial charge is 0.497 e. The Kier molecular flexibility index (Phi) is 5.28. The van der Waals surface area contributed by atoms with Gasteiger partial charge in [0.2, 0.25) is 0 Å². The molecule has 0 aliphatic carbocycles. The molecule has 0 saturated heterocycles. The molecule has 0 amide bonds. The van der Waals surface area contributed by atoms with E-state index in [-0.39, 0.29) is 6.04 Å². The number of anilines is 1. The van der Waals surface area contributed by atoms with Crippen molar-refractivity contribution in [1.29, 1.82) is 0 Å². The van der Waals surface area contributed by atoms with Crippen molar-refractivity contribution in [1.82, 2.24) is 0 Å². The van der Waals surface area contributed by atoms with Gasteiger partial charge in [-0.25, -0.2) is 0 Å². The Morgan fingerprint density at radius 1 is 1.22 bits per heavy atom. The van der Waals surface area contributed by atoms with Gasteiger partial charge in [-0.3, -0.25) is 0 Å². The van der Waals surface area contributed by atoms with Crippen molar-refractivity contribution in [2.75, 3.05) is 32.7 Å². The van der Waals surface area contributed by atoms with Crippen LogP contribution in [-0.4, -0.2) is 27.8 Å². The smallest absolute Gasteiger partial charge is 0.147 e. The Bertz CT molecular complexity index is 362. The fraction of sp³-hybridized carbons (Fsp3) is 0.571. The monoisotopic (exact) mass is 252 g/mol. The highest BCUT2D eigenvalue weighted by Crippen LogP contribution is 2.39. The number of hydrogen-bond acceptors (Lipinski definition) is 4. The lowest BCUT2D eigenvalue weighted by Gasteiger charge is -2.24. The zero-order valence-electron chi connectivity index (χ0n) is 12.0. The molecule has 0 aliphatic rings. The van der Waals surface area contributed by atoms with Crippen molar-refractivity contribution in [3.63, 3.8) is 0 Å². The van der Waals surface area contributed by atoms with Crippen LogP contribution in [0.2, 0.25) is 0 Å². The molecule has 2 N–H and O–H groups in total. The van der Waals surface area contributed by atoms with E-state index in [0.29, 0.717) is 0 Å². The molecular weight excluding hydrogens is 228 g/mol. The second-order valence-corrected chi connectivity index (χ2v) is 4.30. The number of benzene rings is 1. The molecule has 18 heavy (non-hydrogen) atoms. The average Bonchev–Trinajstić information content (AvgIpc) is 2.43. The van der Waals surface area contributed by atoms with E-state index in [4.69, 9.17) is 15.2 Å². The molecule has 0 fully saturated rings. The van der Waals surface area contributed by atoms with Gasteiger partial charge in [0, 0.05) is 31.3 Å². The molecule has 1 rings (SSSR count). The second-order valence-electron chi connectivity index (χ2n) is 4.30. The maximum absolute atomic E-state index is 6.15. The van der Waals surface area contributed by atoms with Crippen molar-refractivity contribution in [3.05, 3.63) is 17.7 Å². The van der Waals surface area contributed by atoms with Crippen molar-refractivity contribution in [3.8, 4) is 11.5 Å². The van der Waals surface area contributed by atoms with E-state index in [9.17, 15) is 0 Å². The van der Waals surface area contributed by atoms with Crippen molar-refractivity contribution in [2.45, 2.75) is 26.3 Å². The Hall–Kier alpha value is -1.42. The lowest BCUT2D eigenvalue weighted by molar-refractivity contribution is 0.395. The minimum atomic E-state index is -0.0425. The molecule has 1 aromatic rings. The predicted octanol–water partition coefficient (Wildman–Crippen LogP) is 2.57. The summed E-state index contributed by atoms with van der Waals surface area (Å²) in [7, 11) is 5.37. The number of nitrogens with zero attached hydrogens (tertiary/aromatic N) is 1. The SMILES string of the molecule is CCC(N)c1cc(OC)cc(N(C)CC)c1OC. The highest BCUT2D eigenvalue weighted by Gasteiger charge is 2.18. The van der Waals surface area contributed by atoms with Gasteiger partial charge in [-0.05, 0) is 19.4 Å². The molecule has 0 bridgehead atoms. The Balaban J connectivity index is 3.39. The van der Waals surface area contributed by atoms with Gasteiger partial charge in [0.05, 0.1) is 19.9 Å². The molecule has 4 heteroatoms. The minimum Gasteiger partial charge on any atom is -0.497 e. The number of ether oxygens (including phenoxy) is 2. The Morgan fingerprint density at radius 3 is 2.33 bits per heavy atom. The van der Waals surface area contributed by atoms with Crippen molar-refractivity contribution in [2.24, 2.45) is 5.73 Å². The van der Waals surface area contributed by atoms with E-state index in [0.717, 1.165) is 35.7 Å². The third kappa shape index (κ3) is 2.88. The standard InChI is InChI=1S/C14H24N2O2/c1-6-12(15)11-8-10(17-4)9-13(14(11)18-5)16(3)7-2/h8-9,12H,6-7,15H2,1-5H3. The van der Waals surface area contributed by atoms with Crippen LogP contribution in [0.4, 0.5) is 5.69 Å². The molecule has 1 aromatic carbocycles. The molecular formula is C14H24N2O2. The maximum atomic E-state index is 6.15. The van der Waals surface area contributed by atoms with Crippen LogP contribution in [-0.2, 0) is 0 Å². The Labute approximate surface area is 110 Å². The van der Waals surface area contributed by atoms with Gasteiger partial charge in [0.15, 0.2) is 0 Å². The lowest BCUT2D eigenvalue weighted by atomic mass is 10.0. The van der Waals surface area contributed by atoms with Gasteiger partial charge in [-0.2, -0.15) is 0 Å². The third-order valence-corrected chi connectivity index (χ3v) is 3.24. The zero-order valence-corrected chi connectivity index (χ0v) is 12.0. The molecule has 0 aliphatic heterocycles. The molecule has 102 valence electrons. The topological polar surface area (TPSA) is 47.7 Å². The van der Waals surface area contributed by atoms with Crippen molar-refractivity contribution < 1.29 is 9.47 Å². The van der Waals surface area contributed by atoms with Gasteiger partial charge in [0.25, 0.3) is 0 Å². The van der Waals surface area contributed by atoms with Crippen molar-refractivity contribution >= 4 is 5.69 Å². The fourth-order valence-electron chi connectivity index (χ4n) is 1.90. The molecule has 0 saturated carbocycles. The summed E-state index contributed by atoms with van der Waals surface area (Å²) in [5.41, 5.74) is 8.16. The van der Waals surface area contributed by atoms with Gasteiger partial charge in [-0.1, -0.05) is 6.92 Å². The summed E-state index contributed by atoms with van der Waals surface area (Å²) < 4.78 is 10.9. The summed E-state index contributed by atoms with van der Waals surface area (Å²) in [4.78, 5) is 2.12. The molecule has 1 unspecified atom stereocenters. The summed E-state index contributed by atoms with van der Waals surface area (Å²) in [5.74, 6) is 1.65. The minimum absolute atomic E-state index is 0.0425. The number of methoxy groups -OCH3 is 2. The van der Waals surface area contributed by atoms with E-state index in [1.165, 1.54) is 0 Å². The molecule has 4 nitrogen and oxygen atoms in total. The number of nitrogens with two attached hydrogens (primary N) is 1. The second kappa shape index (κ2) is 6.50. The van der Waals surface area contributed by atoms with Crippen LogP contribution in [0.15, 0.2) is 12.1 Å². The molecule has 0 radical (unpaired) electrons. The van der Waals surface area contributed by atoms with Gasteiger partial charge in [-0.15, -0.1) is 0 Å². The van der Waals surface area contributed by atoms with Crippen LogP contribution in [0.25, 0.3) is 0 Å². The summed E-state index contributed by atoms with van der Waals surface area (Å²) in [5, 5.41) is 0. The maximum Gasteiger partial charge on any atom is 0.147 e. The quantitative estimate of drug-likeness (QED) is 0.845. The lowest BCUT2D eigenvalue weighted by Crippen LogP contribution is -2.19. The average molecular weight is 252 g/mol. The molecule has 0 aromatic heterocycles. The van der Waals surface area contributed by atoms with Crippen LogP contribution in [0.5, 0.6) is 11.5 Å². The number of hydrogen-bond donors (Lipinski definition) is 1. The number of rotatable bonds is 6. The fourth-order valence-corrected chi connectivity index (χ4v) is 1.90. The first kappa shape index (κ1) is 14.6. The first-order chi connectivity index (χ1) is 8.58. The van der Waals surface area contributed by atoms with Gasteiger partial charge >= 0.3 is 0 Å². The van der Waals surface area contributed by atoms with E-state index in [1.54, 1.807) is 14.2 Å². The van der Waals surface area contributed by atoms with Crippen LogP contribution in [0, 0.1) is 0 Å². The van der Waals surface area contributed by atoms with Crippen LogP contribution in [0.1, 0.15) is 31.9 Å².